The topological polar surface area (TPSA) is 54.9 Å². The van der Waals surface area contributed by atoms with Crippen molar-refractivity contribution >= 4 is 62.5 Å². The molecular weight excluding hydrogens is 376 g/mol. The molecule has 1 heterocycles. The number of rotatable bonds is 2. The molecule has 8 heteroatoms. The molecule has 2 rings (SSSR count). The van der Waals surface area contributed by atoms with Gasteiger partial charge in [-0.15, -0.1) is 0 Å². The van der Waals surface area contributed by atoms with E-state index in [9.17, 15) is 4.79 Å². The lowest BCUT2D eigenvalue weighted by atomic mass is 10.2. The van der Waals surface area contributed by atoms with Crippen LogP contribution in [0.3, 0.4) is 0 Å². The largest absolute Gasteiger partial charge is 0.306 e. The van der Waals surface area contributed by atoms with Gasteiger partial charge in [0.2, 0.25) is 5.28 Å². The Morgan fingerprint density at radius 2 is 1.89 bits per heavy atom. The summed E-state index contributed by atoms with van der Waals surface area (Å²) >= 11 is 20.6. The number of hydrogen-bond acceptors (Lipinski definition) is 3. The highest BCUT2D eigenvalue weighted by atomic mass is 79.9. The van der Waals surface area contributed by atoms with Crippen molar-refractivity contribution in [3.8, 4) is 0 Å². The van der Waals surface area contributed by atoms with Gasteiger partial charge in [-0.2, -0.15) is 0 Å². The highest BCUT2D eigenvalue weighted by molar-refractivity contribution is 9.10. The van der Waals surface area contributed by atoms with Crippen molar-refractivity contribution < 1.29 is 4.79 Å². The molecule has 0 aliphatic rings. The van der Waals surface area contributed by atoms with Gasteiger partial charge in [-0.3, -0.25) is 4.79 Å². The van der Waals surface area contributed by atoms with Crippen LogP contribution in [-0.4, -0.2) is 15.9 Å². The van der Waals surface area contributed by atoms with Crippen molar-refractivity contribution in [2.24, 2.45) is 0 Å². The molecule has 1 amide bonds. The van der Waals surface area contributed by atoms with Gasteiger partial charge in [0.1, 0.15) is 11.0 Å². The van der Waals surface area contributed by atoms with E-state index in [1.807, 2.05) is 0 Å². The molecule has 0 bridgehead atoms. The van der Waals surface area contributed by atoms with Gasteiger partial charge in [0.25, 0.3) is 5.91 Å². The summed E-state index contributed by atoms with van der Waals surface area (Å²) in [6.45, 7) is 0. The summed E-state index contributed by atoms with van der Waals surface area (Å²) in [4.78, 5) is 19.5. The number of halogens is 4. The van der Waals surface area contributed by atoms with E-state index >= 15 is 0 Å². The van der Waals surface area contributed by atoms with E-state index in [1.165, 1.54) is 6.07 Å². The molecule has 0 unspecified atom stereocenters. The fraction of sp³-hybridized carbons (Fsp3) is 0. The molecule has 0 aliphatic carbocycles. The zero-order valence-electron chi connectivity index (χ0n) is 9.12. The number of aromatic nitrogens is 2. The van der Waals surface area contributed by atoms with E-state index in [4.69, 9.17) is 34.8 Å². The van der Waals surface area contributed by atoms with Gasteiger partial charge in [0, 0.05) is 10.5 Å². The predicted octanol–water partition coefficient (Wildman–Crippen LogP) is 4.45. The number of carbonyl (C=O) groups is 1. The molecule has 0 radical (unpaired) electrons. The van der Waals surface area contributed by atoms with E-state index in [-0.39, 0.29) is 16.3 Å². The van der Waals surface area contributed by atoms with Crippen molar-refractivity contribution in [3.05, 3.63) is 49.8 Å². The zero-order valence-corrected chi connectivity index (χ0v) is 13.0. The Morgan fingerprint density at radius 3 is 2.53 bits per heavy atom. The van der Waals surface area contributed by atoms with Crippen LogP contribution in [0.2, 0.25) is 15.5 Å². The molecule has 0 spiro atoms. The Balaban J connectivity index is 2.25. The zero-order chi connectivity index (χ0) is 14.0. The molecule has 0 saturated heterocycles. The van der Waals surface area contributed by atoms with Crippen LogP contribution in [0, 0.1) is 0 Å². The Hall–Kier alpha value is -0.880. The monoisotopic (exact) mass is 379 g/mol. The van der Waals surface area contributed by atoms with Gasteiger partial charge in [0.05, 0.1) is 10.6 Å². The van der Waals surface area contributed by atoms with Gasteiger partial charge in [-0.25, -0.2) is 9.97 Å². The summed E-state index contributed by atoms with van der Waals surface area (Å²) < 4.78 is 0.780. The fourth-order valence-electron chi connectivity index (χ4n) is 1.31. The molecule has 19 heavy (non-hydrogen) atoms. The Morgan fingerprint density at radius 1 is 1.16 bits per heavy atom. The minimum Gasteiger partial charge on any atom is -0.306 e. The lowest BCUT2D eigenvalue weighted by Crippen LogP contribution is -2.13. The molecule has 1 aromatic heterocycles. The molecule has 0 atom stereocenters. The van der Waals surface area contributed by atoms with Crippen LogP contribution in [0.4, 0.5) is 5.82 Å². The molecule has 98 valence electrons. The lowest BCUT2D eigenvalue weighted by molar-refractivity contribution is 0.102. The van der Waals surface area contributed by atoms with Gasteiger partial charge in [-0.05, 0) is 29.8 Å². The number of hydrogen-bond donors (Lipinski definition) is 1. The van der Waals surface area contributed by atoms with E-state index < -0.39 is 5.91 Å². The predicted molar refractivity (Wildman–Crippen MR) is 79.2 cm³/mol. The number of carbonyl (C=O) groups excluding carboxylic acids is 1. The summed E-state index contributed by atoms with van der Waals surface area (Å²) in [7, 11) is 0. The maximum Gasteiger partial charge on any atom is 0.258 e. The summed E-state index contributed by atoms with van der Waals surface area (Å²) in [5.74, 6) is -0.211. The average Bonchev–Trinajstić information content (AvgIpc) is 2.26. The molecular formula is C11H5BrCl3N3O. The lowest BCUT2D eigenvalue weighted by Gasteiger charge is -2.06. The second kappa shape index (κ2) is 6.05. The molecule has 0 aliphatic heterocycles. The van der Waals surface area contributed by atoms with Gasteiger partial charge in [-0.1, -0.05) is 39.1 Å². The van der Waals surface area contributed by atoms with Crippen molar-refractivity contribution in [2.45, 2.75) is 0 Å². The first-order valence-electron chi connectivity index (χ1n) is 4.92. The second-order valence-electron chi connectivity index (χ2n) is 3.42. The van der Waals surface area contributed by atoms with Crippen molar-refractivity contribution in [2.75, 3.05) is 5.32 Å². The fourth-order valence-corrected chi connectivity index (χ4v) is 2.48. The third-order valence-electron chi connectivity index (χ3n) is 2.08. The third-order valence-corrected chi connectivity index (χ3v) is 3.25. The van der Waals surface area contributed by atoms with Crippen molar-refractivity contribution in [1.29, 1.82) is 0 Å². The molecule has 4 nitrogen and oxygen atoms in total. The average molecular weight is 381 g/mol. The van der Waals surface area contributed by atoms with Crippen LogP contribution in [-0.2, 0) is 0 Å². The SMILES string of the molecule is O=C(Nc1cc(Cl)nc(Cl)n1)c1ccc(Br)cc1Cl. The van der Waals surface area contributed by atoms with Crippen molar-refractivity contribution in [3.63, 3.8) is 0 Å². The van der Waals surface area contributed by atoms with Gasteiger partial charge in [0.15, 0.2) is 0 Å². The standard InChI is InChI=1S/C11H5BrCl3N3O/c12-5-1-2-6(7(13)3-5)10(19)17-9-4-8(14)16-11(15)18-9/h1-4H,(H,16,17,18,19). The van der Waals surface area contributed by atoms with Crippen LogP contribution < -0.4 is 5.32 Å². The minimum absolute atomic E-state index is 0.0512. The summed E-state index contributed by atoms with van der Waals surface area (Å²) in [5, 5.41) is 2.94. The molecule has 1 N–H and O–H groups in total. The Labute approximate surface area is 132 Å². The maximum atomic E-state index is 12.0. The number of nitrogens with zero attached hydrogens (tertiary/aromatic N) is 2. The normalized spacial score (nSPS) is 10.3. The van der Waals surface area contributed by atoms with Gasteiger partial charge < -0.3 is 5.32 Å². The van der Waals surface area contributed by atoms with Gasteiger partial charge >= 0.3 is 0 Å². The van der Waals surface area contributed by atoms with E-state index in [1.54, 1.807) is 18.2 Å². The quantitative estimate of drug-likeness (QED) is 0.618. The molecule has 2 aromatic rings. The van der Waals surface area contributed by atoms with E-state index in [0.717, 1.165) is 4.47 Å². The Bertz CT molecular complexity index is 631. The van der Waals surface area contributed by atoms with Crippen molar-refractivity contribution in [1.82, 2.24) is 9.97 Å². The number of anilines is 1. The Kier molecular flexibility index (Phi) is 4.62. The highest BCUT2D eigenvalue weighted by Crippen LogP contribution is 2.22. The summed E-state index contributed by atoms with van der Waals surface area (Å²) in [6, 6.07) is 6.31. The minimum atomic E-state index is -0.414. The first-order valence-corrected chi connectivity index (χ1v) is 6.85. The highest BCUT2D eigenvalue weighted by Gasteiger charge is 2.12. The summed E-state index contributed by atoms with van der Waals surface area (Å²) in [5.41, 5.74) is 0.315. The first kappa shape index (κ1) is 14.5. The maximum absolute atomic E-state index is 12.0. The second-order valence-corrected chi connectivity index (χ2v) is 5.47. The molecule has 0 fully saturated rings. The summed E-state index contributed by atoms with van der Waals surface area (Å²) in [6.07, 6.45) is 0. The number of amides is 1. The van der Waals surface area contributed by atoms with Crippen LogP contribution >= 0.6 is 50.7 Å². The molecule has 1 aromatic carbocycles. The van der Waals surface area contributed by atoms with Crippen LogP contribution in [0.15, 0.2) is 28.7 Å². The van der Waals surface area contributed by atoms with E-state index in [0.29, 0.717) is 10.6 Å². The smallest absolute Gasteiger partial charge is 0.258 e. The third kappa shape index (κ3) is 3.79. The number of benzene rings is 1. The van der Waals surface area contributed by atoms with Crippen LogP contribution in [0.25, 0.3) is 0 Å². The van der Waals surface area contributed by atoms with Crippen LogP contribution in [0.1, 0.15) is 10.4 Å². The first-order chi connectivity index (χ1) is 8.95. The van der Waals surface area contributed by atoms with E-state index in [2.05, 4.69) is 31.2 Å². The number of nitrogens with one attached hydrogen (secondary N) is 1. The molecule has 0 saturated carbocycles. The van der Waals surface area contributed by atoms with Crippen LogP contribution in [0.5, 0.6) is 0 Å².